The van der Waals surface area contributed by atoms with Gasteiger partial charge in [0.15, 0.2) is 5.58 Å². The van der Waals surface area contributed by atoms with Crippen LogP contribution in [0.25, 0.3) is 44.3 Å². The van der Waals surface area contributed by atoms with Crippen molar-refractivity contribution in [2.75, 3.05) is 6.54 Å². The van der Waals surface area contributed by atoms with Crippen LogP contribution in [0.1, 0.15) is 58.4 Å². The number of benzene rings is 3. The number of thiazole rings is 1. The van der Waals surface area contributed by atoms with Crippen LogP contribution >= 0.6 is 11.3 Å². The summed E-state index contributed by atoms with van der Waals surface area (Å²) in [5.74, 6) is 0.393. The number of hydrogen-bond acceptors (Lipinski definition) is 8. The van der Waals surface area contributed by atoms with Crippen molar-refractivity contribution in [3.8, 4) is 39.2 Å². The summed E-state index contributed by atoms with van der Waals surface area (Å²) in [6.45, 7) is 10.8. The topological polar surface area (TPSA) is 109 Å². The van der Waals surface area contributed by atoms with Crippen LogP contribution in [-0.2, 0) is 17.7 Å². The van der Waals surface area contributed by atoms with Crippen LogP contribution in [0.15, 0.2) is 52.9 Å². The molecule has 0 N–H and O–H groups in total. The monoisotopic (exact) mass is 590 g/mol. The number of aromatic nitrogens is 2. The minimum absolute atomic E-state index is 0.274. The predicted octanol–water partition coefficient (Wildman–Crippen LogP) is 7.88. The zero-order valence-corrected chi connectivity index (χ0v) is 25.5. The summed E-state index contributed by atoms with van der Waals surface area (Å²) in [6.07, 6.45) is 1.09. The molecule has 8 nitrogen and oxygen atoms in total. The van der Waals surface area contributed by atoms with Gasteiger partial charge in [0.1, 0.15) is 28.5 Å². The third-order valence-corrected chi connectivity index (χ3v) is 8.69. The first-order valence-electron chi connectivity index (χ1n) is 14.0. The van der Waals surface area contributed by atoms with Crippen molar-refractivity contribution in [2.45, 2.75) is 53.2 Å². The summed E-state index contributed by atoms with van der Waals surface area (Å²) in [5.41, 5.74) is 8.02. The van der Waals surface area contributed by atoms with Crippen molar-refractivity contribution < 1.29 is 18.7 Å². The highest BCUT2D eigenvalue weighted by Crippen LogP contribution is 2.40. The smallest absolute Gasteiger partial charge is 0.410 e. The van der Waals surface area contributed by atoms with Crippen molar-refractivity contribution in [3.63, 3.8) is 0 Å². The first-order chi connectivity index (χ1) is 20.6. The highest BCUT2D eigenvalue weighted by molar-refractivity contribution is 7.15. The molecule has 5 aromatic rings. The Morgan fingerprint density at radius 1 is 1.05 bits per heavy atom. The molecule has 1 aliphatic rings. The molecule has 3 aromatic carbocycles. The first kappa shape index (κ1) is 28.3. The van der Waals surface area contributed by atoms with Crippen molar-refractivity contribution in [1.82, 2.24) is 14.9 Å². The molecular weight excluding hydrogens is 560 g/mol. The highest BCUT2D eigenvalue weighted by atomic mass is 32.1. The summed E-state index contributed by atoms with van der Waals surface area (Å²) in [5, 5.41) is 10.5. The Bertz CT molecular complexity index is 1960. The molecule has 0 bridgehead atoms. The number of carbonyl (C=O) groups excluding carboxylic acids is 2. The van der Waals surface area contributed by atoms with E-state index in [2.05, 4.69) is 36.2 Å². The van der Waals surface area contributed by atoms with E-state index in [0.29, 0.717) is 48.4 Å². The molecule has 0 radical (unpaired) electrons. The number of rotatable bonds is 4. The van der Waals surface area contributed by atoms with Crippen LogP contribution in [0.4, 0.5) is 4.79 Å². The van der Waals surface area contributed by atoms with Crippen molar-refractivity contribution in [3.05, 3.63) is 81.4 Å². The maximum absolute atomic E-state index is 12.7. The molecular formula is C34H30N4O4S. The lowest BCUT2D eigenvalue weighted by atomic mass is 9.91. The molecule has 1 amide bonds. The van der Waals surface area contributed by atoms with Crippen LogP contribution in [0, 0.1) is 25.2 Å². The second-order valence-electron chi connectivity index (χ2n) is 11.7. The zero-order valence-electron chi connectivity index (χ0n) is 24.6. The minimum atomic E-state index is -0.539. The standard InChI is InChI=1S/C34H30N4O4S/c1-19-23(8-6-10-25(19)31-36-28-15-21(18-39)14-22(16-35)30(28)41-31)24-9-7-11-26(20(24)2)32-37-27-12-13-38(17-29(27)43-32)33(40)42-34(3,4)5/h6-11,14-15,18H,12-13,17H2,1-5H3. The van der Waals surface area contributed by atoms with E-state index in [-0.39, 0.29) is 11.7 Å². The van der Waals surface area contributed by atoms with Gasteiger partial charge in [-0.05, 0) is 75.1 Å². The minimum Gasteiger partial charge on any atom is -0.444 e. The summed E-state index contributed by atoms with van der Waals surface area (Å²) >= 11 is 1.62. The number of oxazole rings is 1. The third kappa shape index (κ3) is 5.30. The second-order valence-corrected chi connectivity index (χ2v) is 12.7. The van der Waals surface area contributed by atoms with Gasteiger partial charge in [-0.2, -0.15) is 5.26 Å². The molecule has 0 spiro atoms. The van der Waals surface area contributed by atoms with Crippen LogP contribution in [0.3, 0.4) is 0 Å². The number of aldehydes is 1. The fourth-order valence-corrected chi connectivity index (χ4v) is 6.64. The Kier molecular flexibility index (Phi) is 7.10. The number of fused-ring (bicyclic) bond motifs is 2. The van der Waals surface area contributed by atoms with Gasteiger partial charge >= 0.3 is 6.09 Å². The van der Waals surface area contributed by atoms with E-state index in [1.807, 2.05) is 45.9 Å². The van der Waals surface area contributed by atoms with E-state index >= 15 is 0 Å². The molecule has 43 heavy (non-hydrogen) atoms. The molecule has 0 unspecified atom stereocenters. The Hall–Kier alpha value is -4.81. The number of amides is 1. The van der Waals surface area contributed by atoms with Crippen LogP contribution < -0.4 is 0 Å². The summed E-state index contributed by atoms with van der Waals surface area (Å²) in [7, 11) is 0. The van der Waals surface area contributed by atoms with Gasteiger partial charge in [-0.25, -0.2) is 14.8 Å². The predicted molar refractivity (Wildman–Crippen MR) is 166 cm³/mol. The number of carbonyl (C=O) groups is 2. The van der Waals surface area contributed by atoms with Gasteiger partial charge in [0.2, 0.25) is 5.89 Å². The lowest BCUT2D eigenvalue weighted by molar-refractivity contribution is 0.0225. The molecule has 0 atom stereocenters. The van der Waals surface area contributed by atoms with E-state index in [1.165, 1.54) is 6.07 Å². The Balaban J connectivity index is 1.35. The van der Waals surface area contributed by atoms with Gasteiger partial charge < -0.3 is 14.1 Å². The van der Waals surface area contributed by atoms with E-state index in [0.717, 1.165) is 49.0 Å². The van der Waals surface area contributed by atoms with Gasteiger partial charge in [-0.15, -0.1) is 11.3 Å². The summed E-state index contributed by atoms with van der Waals surface area (Å²) in [4.78, 5) is 36.5. The molecule has 9 heteroatoms. The van der Waals surface area contributed by atoms with Crippen molar-refractivity contribution in [2.24, 2.45) is 0 Å². The molecule has 6 rings (SSSR count). The van der Waals surface area contributed by atoms with Crippen LogP contribution in [0.5, 0.6) is 0 Å². The number of nitrogens with zero attached hydrogens (tertiary/aromatic N) is 4. The summed E-state index contributed by atoms with van der Waals surface area (Å²) in [6, 6.07) is 17.4. The maximum atomic E-state index is 12.7. The van der Waals surface area contributed by atoms with E-state index in [4.69, 9.17) is 14.1 Å². The molecule has 1 aliphatic heterocycles. The average molecular weight is 591 g/mol. The largest absolute Gasteiger partial charge is 0.444 e. The molecule has 0 saturated carbocycles. The van der Waals surface area contributed by atoms with Crippen LogP contribution in [0.2, 0.25) is 0 Å². The maximum Gasteiger partial charge on any atom is 0.410 e. The van der Waals surface area contributed by atoms with Crippen molar-refractivity contribution in [1.29, 1.82) is 5.26 Å². The van der Waals surface area contributed by atoms with Gasteiger partial charge in [0, 0.05) is 34.5 Å². The van der Waals surface area contributed by atoms with E-state index in [9.17, 15) is 14.9 Å². The molecule has 3 heterocycles. The van der Waals surface area contributed by atoms with Crippen LogP contribution in [-0.4, -0.2) is 39.4 Å². The zero-order chi connectivity index (χ0) is 30.5. The SMILES string of the molecule is Cc1c(-c2nc3cc(C=O)cc(C#N)c3o2)cccc1-c1cccc(-c2nc3c(s2)CN(C(=O)OC(C)(C)C)CC3)c1C. The normalized spacial score (nSPS) is 13.1. The molecule has 0 aliphatic carbocycles. The highest BCUT2D eigenvalue weighted by Gasteiger charge is 2.28. The molecule has 216 valence electrons. The number of nitriles is 1. The second kappa shape index (κ2) is 10.8. The van der Waals surface area contributed by atoms with Crippen molar-refractivity contribution >= 4 is 34.8 Å². The van der Waals surface area contributed by atoms with Gasteiger partial charge in [-0.3, -0.25) is 4.79 Å². The first-order valence-corrected chi connectivity index (χ1v) is 14.8. The fraction of sp³-hybridized carbons (Fsp3) is 0.265. The number of hydrogen-bond donors (Lipinski definition) is 0. The molecule has 0 fully saturated rings. The van der Waals surface area contributed by atoms with Gasteiger partial charge in [-0.1, -0.05) is 30.3 Å². The third-order valence-electron chi connectivity index (χ3n) is 7.57. The van der Waals surface area contributed by atoms with Gasteiger partial charge in [0.05, 0.1) is 17.8 Å². The van der Waals surface area contributed by atoms with Gasteiger partial charge in [0.25, 0.3) is 0 Å². The summed E-state index contributed by atoms with van der Waals surface area (Å²) < 4.78 is 11.7. The Morgan fingerprint density at radius 2 is 1.72 bits per heavy atom. The molecule has 0 saturated heterocycles. The Labute approximate surface area is 253 Å². The van der Waals surface area contributed by atoms with E-state index in [1.54, 1.807) is 22.3 Å². The quantitative estimate of drug-likeness (QED) is 0.196. The Morgan fingerprint density at radius 3 is 2.40 bits per heavy atom. The van der Waals surface area contributed by atoms with E-state index < -0.39 is 5.60 Å². The molecule has 2 aromatic heterocycles. The lowest BCUT2D eigenvalue weighted by Crippen LogP contribution is -2.39. The average Bonchev–Trinajstić information content (AvgIpc) is 3.60. The lowest BCUT2D eigenvalue weighted by Gasteiger charge is -2.29. The fourth-order valence-electron chi connectivity index (χ4n) is 5.43. The number of ether oxygens (including phenoxy) is 1.